The maximum absolute atomic E-state index is 12.9. The lowest BCUT2D eigenvalue weighted by Gasteiger charge is -2.26. The summed E-state index contributed by atoms with van der Waals surface area (Å²) in [7, 11) is 0. The van der Waals surface area contributed by atoms with Gasteiger partial charge in [-0.2, -0.15) is 0 Å². The van der Waals surface area contributed by atoms with Gasteiger partial charge in [-0.3, -0.25) is 4.79 Å². The zero-order valence-electron chi connectivity index (χ0n) is 13.9. The van der Waals surface area contributed by atoms with E-state index in [0.29, 0.717) is 12.4 Å². The molecule has 1 N–H and O–H groups in total. The van der Waals surface area contributed by atoms with Crippen LogP contribution in [0.5, 0.6) is 5.75 Å². The number of carbonyl (C=O) groups excluding carboxylic acids is 1. The van der Waals surface area contributed by atoms with Crippen molar-refractivity contribution >= 4 is 17.0 Å². The average molecular weight is 360 g/mol. The van der Waals surface area contributed by atoms with Gasteiger partial charge in [-0.15, -0.1) is 0 Å². The summed E-state index contributed by atoms with van der Waals surface area (Å²) in [6, 6.07) is 14.0. The van der Waals surface area contributed by atoms with Crippen molar-refractivity contribution in [2.45, 2.75) is 12.4 Å². The van der Waals surface area contributed by atoms with Crippen molar-refractivity contribution in [1.29, 1.82) is 0 Å². The molecular formula is C19H21FN2O2S. The molecule has 0 aromatic heterocycles. The Kier molecular flexibility index (Phi) is 6.30. The van der Waals surface area contributed by atoms with Crippen molar-refractivity contribution in [3.63, 3.8) is 0 Å². The zero-order chi connectivity index (χ0) is 17.5. The van der Waals surface area contributed by atoms with Crippen molar-refractivity contribution in [2.24, 2.45) is 0 Å². The van der Waals surface area contributed by atoms with E-state index in [9.17, 15) is 9.18 Å². The van der Waals surface area contributed by atoms with Gasteiger partial charge in [-0.25, -0.2) is 4.39 Å². The summed E-state index contributed by atoms with van der Waals surface area (Å²) < 4.78 is 18.6. The van der Waals surface area contributed by atoms with Gasteiger partial charge in [0.25, 0.3) is 5.24 Å². The molecule has 1 saturated heterocycles. The number of benzene rings is 2. The van der Waals surface area contributed by atoms with Gasteiger partial charge in [0.15, 0.2) is 0 Å². The molecule has 1 heterocycles. The summed E-state index contributed by atoms with van der Waals surface area (Å²) in [4.78, 5) is 14.0. The minimum absolute atomic E-state index is 0.137. The minimum Gasteiger partial charge on any atom is -0.489 e. The van der Waals surface area contributed by atoms with E-state index < -0.39 is 0 Å². The third-order valence-electron chi connectivity index (χ3n) is 3.98. The fourth-order valence-electron chi connectivity index (χ4n) is 2.51. The van der Waals surface area contributed by atoms with Crippen molar-refractivity contribution in [1.82, 2.24) is 10.2 Å². The number of hydrogen-bond donors (Lipinski definition) is 1. The number of hydrogen-bond acceptors (Lipinski definition) is 4. The molecule has 0 aliphatic carbocycles. The number of rotatable bonds is 5. The number of carbonyl (C=O) groups is 1. The molecule has 0 saturated carbocycles. The monoisotopic (exact) mass is 360 g/mol. The van der Waals surface area contributed by atoms with E-state index in [4.69, 9.17) is 4.74 Å². The highest BCUT2D eigenvalue weighted by atomic mass is 32.2. The van der Waals surface area contributed by atoms with Gasteiger partial charge in [0.05, 0.1) is 0 Å². The van der Waals surface area contributed by atoms with E-state index in [0.717, 1.165) is 43.1 Å². The van der Waals surface area contributed by atoms with Crippen LogP contribution in [0, 0.1) is 5.82 Å². The summed E-state index contributed by atoms with van der Waals surface area (Å²) in [5.41, 5.74) is 2.00. The molecule has 1 amide bonds. The number of nitrogens with zero attached hydrogens (tertiary/aromatic N) is 1. The lowest BCUT2D eigenvalue weighted by molar-refractivity contribution is 0.215. The molecule has 0 bridgehead atoms. The SMILES string of the molecule is O=C(SCc1ccc(OCc2ccc(F)cc2)cc1)N1CCNCC1. The molecule has 2 aromatic rings. The molecule has 6 heteroatoms. The Morgan fingerprint density at radius 1 is 1.04 bits per heavy atom. The van der Waals surface area contributed by atoms with Crippen LogP contribution >= 0.6 is 11.8 Å². The van der Waals surface area contributed by atoms with Crippen LogP contribution in [0.2, 0.25) is 0 Å². The molecule has 132 valence electrons. The van der Waals surface area contributed by atoms with E-state index in [2.05, 4.69) is 5.32 Å². The number of thioether (sulfide) groups is 1. The summed E-state index contributed by atoms with van der Waals surface area (Å²) in [5, 5.41) is 3.38. The fourth-order valence-corrected chi connectivity index (χ4v) is 3.36. The third kappa shape index (κ3) is 5.47. The van der Waals surface area contributed by atoms with Crippen molar-refractivity contribution < 1.29 is 13.9 Å². The van der Waals surface area contributed by atoms with Crippen LogP contribution in [0.4, 0.5) is 9.18 Å². The van der Waals surface area contributed by atoms with Crippen molar-refractivity contribution in [3.05, 3.63) is 65.5 Å². The topological polar surface area (TPSA) is 41.6 Å². The number of nitrogens with one attached hydrogen (secondary N) is 1. The van der Waals surface area contributed by atoms with Crippen LogP contribution in [-0.2, 0) is 12.4 Å². The second-order valence-corrected chi connectivity index (χ2v) is 6.78. The molecule has 2 aromatic carbocycles. The van der Waals surface area contributed by atoms with E-state index in [1.807, 2.05) is 29.2 Å². The highest BCUT2D eigenvalue weighted by Gasteiger charge is 2.16. The normalized spacial score (nSPS) is 14.4. The molecule has 0 atom stereocenters. The average Bonchev–Trinajstić information content (AvgIpc) is 2.67. The summed E-state index contributed by atoms with van der Waals surface area (Å²) in [5.74, 6) is 1.16. The Hall–Kier alpha value is -2.05. The smallest absolute Gasteiger partial charge is 0.282 e. The second-order valence-electron chi connectivity index (χ2n) is 5.85. The largest absolute Gasteiger partial charge is 0.489 e. The molecule has 1 fully saturated rings. The molecule has 0 spiro atoms. The van der Waals surface area contributed by atoms with E-state index in [1.54, 1.807) is 12.1 Å². The summed E-state index contributed by atoms with van der Waals surface area (Å²) in [6.45, 7) is 3.69. The van der Waals surface area contributed by atoms with Crippen LogP contribution < -0.4 is 10.1 Å². The first kappa shape index (κ1) is 17.8. The van der Waals surface area contributed by atoms with Crippen LogP contribution in [0.3, 0.4) is 0 Å². The van der Waals surface area contributed by atoms with Gasteiger partial charge in [0, 0.05) is 31.9 Å². The fraction of sp³-hybridized carbons (Fsp3) is 0.316. The van der Waals surface area contributed by atoms with E-state index in [-0.39, 0.29) is 11.1 Å². The summed E-state index contributed by atoms with van der Waals surface area (Å²) >= 11 is 1.34. The number of halogens is 1. The van der Waals surface area contributed by atoms with Gasteiger partial charge in [0.1, 0.15) is 18.2 Å². The quantitative estimate of drug-likeness (QED) is 0.883. The highest BCUT2D eigenvalue weighted by molar-refractivity contribution is 8.12. The Balaban J connectivity index is 1.45. The molecule has 0 unspecified atom stereocenters. The number of piperazine rings is 1. The number of ether oxygens (including phenoxy) is 1. The first-order valence-electron chi connectivity index (χ1n) is 8.29. The molecule has 1 aliphatic heterocycles. The standard InChI is InChI=1S/C19H21FN2O2S/c20-17-5-1-15(2-6-17)13-24-18-7-3-16(4-8-18)14-25-19(23)22-11-9-21-10-12-22/h1-8,21H,9-14H2. The number of amides is 1. The van der Waals surface area contributed by atoms with Gasteiger partial charge >= 0.3 is 0 Å². The van der Waals surface area contributed by atoms with Crippen LogP contribution in [0.25, 0.3) is 0 Å². The van der Waals surface area contributed by atoms with Gasteiger partial charge in [0.2, 0.25) is 0 Å². The lowest BCUT2D eigenvalue weighted by atomic mass is 10.2. The Morgan fingerprint density at radius 2 is 1.68 bits per heavy atom. The van der Waals surface area contributed by atoms with Crippen molar-refractivity contribution in [3.8, 4) is 5.75 Å². The van der Waals surface area contributed by atoms with Crippen LogP contribution in [0.1, 0.15) is 11.1 Å². The Bertz CT molecular complexity index is 686. The Labute approximate surface area is 151 Å². The van der Waals surface area contributed by atoms with Gasteiger partial charge in [-0.05, 0) is 35.4 Å². The lowest BCUT2D eigenvalue weighted by Crippen LogP contribution is -2.45. The van der Waals surface area contributed by atoms with Crippen LogP contribution in [0.15, 0.2) is 48.5 Å². The minimum atomic E-state index is -0.249. The maximum atomic E-state index is 12.9. The molecule has 3 rings (SSSR count). The summed E-state index contributed by atoms with van der Waals surface area (Å²) in [6.07, 6.45) is 0. The van der Waals surface area contributed by atoms with E-state index >= 15 is 0 Å². The second kappa shape index (κ2) is 8.87. The highest BCUT2D eigenvalue weighted by Crippen LogP contribution is 2.20. The predicted molar refractivity (Wildman–Crippen MR) is 98.3 cm³/mol. The molecule has 4 nitrogen and oxygen atoms in total. The van der Waals surface area contributed by atoms with Gasteiger partial charge in [-0.1, -0.05) is 36.0 Å². The van der Waals surface area contributed by atoms with Crippen molar-refractivity contribution in [2.75, 3.05) is 26.2 Å². The third-order valence-corrected chi connectivity index (χ3v) is 4.96. The molecule has 0 radical (unpaired) electrons. The maximum Gasteiger partial charge on any atom is 0.282 e. The van der Waals surface area contributed by atoms with Crippen LogP contribution in [-0.4, -0.2) is 36.3 Å². The first-order valence-corrected chi connectivity index (χ1v) is 9.28. The van der Waals surface area contributed by atoms with E-state index in [1.165, 1.54) is 23.9 Å². The zero-order valence-corrected chi connectivity index (χ0v) is 14.7. The molecule has 1 aliphatic rings. The first-order chi connectivity index (χ1) is 12.2. The van der Waals surface area contributed by atoms with Gasteiger partial charge < -0.3 is 15.0 Å². The molecular weight excluding hydrogens is 339 g/mol. The Morgan fingerprint density at radius 3 is 2.36 bits per heavy atom. The molecule has 25 heavy (non-hydrogen) atoms. The predicted octanol–water partition coefficient (Wildman–Crippen LogP) is 3.66.